The van der Waals surface area contributed by atoms with Gasteiger partial charge < -0.3 is 10.6 Å². The van der Waals surface area contributed by atoms with E-state index in [2.05, 4.69) is 21.8 Å². The lowest BCUT2D eigenvalue weighted by Crippen LogP contribution is -2.49. The zero-order valence-corrected chi connectivity index (χ0v) is 15.9. The van der Waals surface area contributed by atoms with Crippen LogP contribution in [0.5, 0.6) is 0 Å². The van der Waals surface area contributed by atoms with Crippen LogP contribution in [0, 0.1) is 13.8 Å². The minimum Gasteiger partial charge on any atom is -0.356 e. The molecule has 1 saturated heterocycles. The van der Waals surface area contributed by atoms with Crippen molar-refractivity contribution in [3.05, 3.63) is 52.3 Å². The highest BCUT2D eigenvalue weighted by Gasteiger charge is 2.28. The maximum atomic E-state index is 13.2. The molecule has 0 radical (unpaired) electrons. The summed E-state index contributed by atoms with van der Waals surface area (Å²) in [4.78, 5) is 28.7. The summed E-state index contributed by atoms with van der Waals surface area (Å²) in [6, 6.07) is 5.63. The van der Waals surface area contributed by atoms with Crippen molar-refractivity contribution in [2.24, 2.45) is 5.73 Å². The third-order valence-corrected chi connectivity index (χ3v) is 5.37. The summed E-state index contributed by atoms with van der Waals surface area (Å²) < 4.78 is 1.64. The molecule has 7 nitrogen and oxygen atoms in total. The molecule has 0 aliphatic carbocycles. The molecule has 0 spiro atoms. The van der Waals surface area contributed by atoms with Crippen LogP contribution in [-0.4, -0.2) is 38.1 Å². The van der Waals surface area contributed by atoms with Gasteiger partial charge in [-0.1, -0.05) is 0 Å². The number of nitrogens with two attached hydrogens (primary N) is 1. The topological polar surface area (TPSA) is 89.9 Å². The van der Waals surface area contributed by atoms with E-state index in [1.165, 1.54) is 0 Å². The number of rotatable bonds is 2. The molecule has 3 aromatic rings. The van der Waals surface area contributed by atoms with E-state index >= 15 is 0 Å². The molecule has 7 heteroatoms. The Morgan fingerprint density at radius 2 is 1.74 bits per heavy atom. The summed E-state index contributed by atoms with van der Waals surface area (Å²) in [5.41, 5.74) is 9.00. The predicted octanol–water partition coefficient (Wildman–Crippen LogP) is 2.11. The normalized spacial score (nSPS) is 16.7. The van der Waals surface area contributed by atoms with Gasteiger partial charge in [0.2, 0.25) is 0 Å². The first-order valence-electron chi connectivity index (χ1n) is 9.21. The van der Waals surface area contributed by atoms with Gasteiger partial charge in [-0.25, -0.2) is 4.98 Å². The van der Waals surface area contributed by atoms with Gasteiger partial charge in [0.15, 0.2) is 0 Å². The zero-order chi connectivity index (χ0) is 19.2. The van der Waals surface area contributed by atoms with E-state index in [1.807, 2.05) is 32.0 Å². The molecule has 0 bridgehead atoms. The molecule has 1 aliphatic rings. The molecule has 4 rings (SSSR count). The second kappa shape index (κ2) is 6.42. The van der Waals surface area contributed by atoms with Crippen molar-refractivity contribution in [1.29, 1.82) is 0 Å². The van der Waals surface area contributed by atoms with E-state index < -0.39 is 0 Å². The Kier molecular flexibility index (Phi) is 4.19. The number of benzene rings is 1. The van der Waals surface area contributed by atoms with Crippen molar-refractivity contribution in [3.8, 4) is 5.69 Å². The largest absolute Gasteiger partial charge is 0.356 e. The summed E-state index contributed by atoms with van der Waals surface area (Å²) >= 11 is 0. The monoisotopic (exact) mass is 364 g/mol. The second-order valence-corrected chi connectivity index (χ2v) is 7.62. The van der Waals surface area contributed by atoms with Crippen LogP contribution in [0.4, 0.5) is 5.82 Å². The smallest absolute Gasteiger partial charge is 0.263 e. The van der Waals surface area contributed by atoms with E-state index in [0.29, 0.717) is 11.4 Å². The Hall–Kier alpha value is -2.80. The average molecular weight is 364 g/mol. The van der Waals surface area contributed by atoms with E-state index in [-0.39, 0.29) is 11.1 Å². The van der Waals surface area contributed by atoms with Gasteiger partial charge in [0.1, 0.15) is 11.6 Å². The van der Waals surface area contributed by atoms with Crippen LogP contribution in [0.25, 0.3) is 16.7 Å². The summed E-state index contributed by atoms with van der Waals surface area (Å²) in [5, 5.41) is 0. The molecular weight excluding hydrogens is 340 g/mol. The lowest BCUT2D eigenvalue weighted by molar-refractivity contribution is 0.362. The van der Waals surface area contributed by atoms with Crippen LogP contribution in [0.2, 0.25) is 0 Å². The first-order chi connectivity index (χ1) is 12.9. The Labute approximate surface area is 157 Å². The van der Waals surface area contributed by atoms with Crippen LogP contribution in [0.3, 0.4) is 0 Å². The fourth-order valence-electron chi connectivity index (χ4n) is 3.63. The average Bonchev–Trinajstić information content (AvgIpc) is 2.65. The molecule has 1 aromatic carbocycles. The Morgan fingerprint density at radius 3 is 2.44 bits per heavy atom. The fourth-order valence-corrected chi connectivity index (χ4v) is 3.63. The molecule has 0 amide bonds. The van der Waals surface area contributed by atoms with E-state index in [9.17, 15) is 4.79 Å². The highest BCUT2D eigenvalue weighted by Crippen LogP contribution is 2.25. The molecular formula is C20H24N6O. The molecule has 0 atom stereocenters. The Balaban J connectivity index is 1.77. The molecule has 140 valence electrons. The number of aromatic nitrogens is 4. The first kappa shape index (κ1) is 17.6. The third-order valence-electron chi connectivity index (χ3n) is 5.37. The summed E-state index contributed by atoms with van der Waals surface area (Å²) in [7, 11) is 0. The van der Waals surface area contributed by atoms with Gasteiger partial charge in [-0.15, -0.1) is 0 Å². The van der Waals surface area contributed by atoms with E-state index in [1.54, 1.807) is 17.0 Å². The summed E-state index contributed by atoms with van der Waals surface area (Å²) in [6.45, 7) is 7.42. The van der Waals surface area contributed by atoms with Crippen molar-refractivity contribution < 1.29 is 0 Å². The minimum absolute atomic E-state index is 0.0539. The van der Waals surface area contributed by atoms with Crippen molar-refractivity contribution >= 4 is 16.9 Å². The van der Waals surface area contributed by atoms with Crippen LogP contribution < -0.4 is 16.2 Å². The Bertz CT molecular complexity index is 1060. The fraction of sp³-hybridized carbons (Fsp3) is 0.400. The van der Waals surface area contributed by atoms with Gasteiger partial charge in [-0.2, -0.15) is 0 Å². The maximum Gasteiger partial charge on any atom is 0.263 e. The number of anilines is 1. The number of hydrogen-bond donors (Lipinski definition) is 1. The van der Waals surface area contributed by atoms with E-state index in [0.717, 1.165) is 48.5 Å². The Morgan fingerprint density at radius 1 is 1.07 bits per heavy atom. The van der Waals surface area contributed by atoms with Crippen molar-refractivity contribution in [1.82, 2.24) is 19.5 Å². The molecule has 3 heterocycles. The summed E-state index contributed by atoms with van der Waals surface area (Å²) in [6.07, 6.45) is 5.08. The highest BCUT2D eigenvalue weighted by atomic mass is 16.1. The van der Waals surface area contributed by atoms with Gasteiger partial charge in [0.05, 0.1) is 22.3 Å². The molecule has 1 fully saturated rings. The lowest BCUT2D eigenvalue weighted by Gasteiger charge is -2.38. The van der Waals surface area contributed by atoms with E-state index in [4.69, 9.17) is 10.7 Å². The standard InChI is InChI=1S/C20H24N6O/c1-13-18(25-10-6-20(3,21)7-11-25)24-14(2)26(19(13)27)15-4-5-16-17(12-15)23-9-8-22-16/h4-5,8-9,12H,6-7,10-11,21H2,1-3H3. The van der Waals surface area contributed by atoms with Gasteiger partial charge in [-0.05, 0) is 51.8 Å². The minimum atomic E-state index is -0.138. The number of piperidine rings is 1. The first-order valence-corrected chi connectivity index (χ1v) is 9.21. The highest BCUT2D eigenvalue weighted by molar-refractivity contribution is 5.76. The van der Waals surface area contributed by atoms with Gasteiger partial charge in [0, 0.05) is 31.0 Å². The quantitative estimate of drug-likeness (QED) is 0.749. The van der Waals surface area contributed by atoms with Crippen LogP contribution >= 0.6 is 0 Å². The lowest BCUT2D eigenvalue weighted by atomic mass is 9.91. The number of aryl methyl sites for hydroxylation is 1. The zero-order valence-electron chi connectivity index (χ0n) is 15.9. The summed E-state index contributed by atoms with van der Waals surface area (Å²) in [5.74, 6) is 1.43. The van der Waals surface area contributed by atoms with Crippen LogP contribution in [0.1, 0.15) is 31.2 Å². The van der Waals surface area contributed by atoms with Crippen LogP contribution in [-0.2, 0) is 0 Å². The molecule has 2 aromatic heterocycles. The number of hydrogen-bond acceptors (Lipinski definition) is 6. The predicted molar refractivity (Wildman–Crippen MR) is 106 cm³/mol. The van der Waals surface area contributed by atoms with Crippen molar-refractivity contribution in [2.75, 3.05) is 18.0 Å². The molecule has 0 unspecified atom stereocenters. The van der Waals surface area contributed by atoms with Gasteiger partial charge >= 0.3 is 0 Å². The molecule has 1 aliphatic heterocycles. The van der Waals surface area contributed by atoms with Crippen LogP contribution in [0.15, 0.2) is 35.4 Å². The molecule has 27 heavy (non-hydrogen) atoms. The second-order valence-electron chi connectivity index (χ2n) is 7.62. The molecule has 2 N–H and O–H groups in total. The maximum absolute atomic E-state index is 13.2. The van der Waals surface area contributed by atoms with Gasteiger partial charge in [-0.3, -0.25) is 19.3 Å². The van der Waals surface area contributed by atoms with Crippen molar-refractivity contribution in [2.45, 2.75) is 39.2 Å². The molecule has 0 saturated carbocycles. The number of fused-ring (bicyclic) bond motifs is 1. The van der Waals surface area contributed by atoms with Gasteiger partial charge in [0.25, 0.3) is 5.56 Å². The SMILES string of the molecule is Cc1c(N2CCC(C)(N)CC2)nc(C)n(-c2ccc3nccnc3c2)c1=O. The third kappa shape index (κ3) is 3.19. The van der Waals surface area contributed by atoms with Crippen molar-refractivity contribution in [3.63, 3.8) is 0 Å². The number of nitrogens with zero attached hydrogens (tertiary/aromatic N) is 5.